The Hall–Kier alpha value is -2.95. The molecule has 3 aromatic rings. The molecule has 2 aromatic heterocycles. The molecule has 0 saturated heterocycles. The van der Waals surface area contributed by atoms with Crippen LogP contribution in [0.1, 0.15) is 34.7 Å². The molecule has 5 nitrogen and oxygen atoms in total. The van der Waals surface area contributed by atoms with E-state index in [-0.39, 0.29) is 17.3 Å². The molecule has 0 unspecified atom stereocenters. The highest BCUT2D eigenvalue weighted by Gasteiger charge is 2.16. The van der Waals surface area contributed by atoms with E-state index in [0.717, 1.165) is 22.0 Å². The lowest BCUT2D eigenvalue weighted by molar-refractivity contribution is 0.0696. The molecule has 0 amide bonds. The summed E-state index contributed by atoms with van der Waals surface area (Å²) in [6, 6.07) is 8.49. The van der Waals surface area contributed by atoms with Crippen molar-refractivity contribution in [1.29, 1.82) is 0 Å². The summed E-state index contributed by atoms with van der Waals surface area (Å²) >= 11 is 0. The maximum atomic E-state index is 12.2. The molecule has 23 heavy (non-hydrogen) atoms. The van der Waals surface area contributed by atoms with Gasteiger partial charge in [-0.05, 0) is 23.8 Å². The molecule has 0 spiro atoms. The number of nitrogens with one attached hydrogen (secondary N) is 1. The van der Waals surface area contributed by atoms with Crippen LogP contribution in [-0.2, 0) is 0 Å². The van der Waals surface area contributed by atoms with Gasteiger partial charge >= 0.3 is 5.97 Å². The van der Waals surface area contributed by atoms with Gasteiger partial charge in [-0.2, -0.15) is 0 Å². The van der Waals surface area contributed by atoms with Gasteiger partial charge in [-0.3, -0.25) is 9.78 Å². The van der Waals surface area contributed by atoms with Gasteiger partial charge in [-0.25, -0.2) is 4.79 Å². The van der Waals surface area contributed by atoms with E-state index < -0.39 is 5.97 Å². The van der Waals surface area contributed by atoms with Gasteiger partial charge in [0.05, 0.1) is 23.0 Å². The predicted molar refractivity (Wildman–Crippen MR) is 87.7 cm³/mol. The van der Waals surface area contributed by atoms with Gasteiger partial charge in [0, 0.05) is 23.1 Å². The molecule has 0 fully saturated rings. The van der Waals surface area contributed by atoms with Crippen molar-refractivity contribution < 1.29 is 14.7 Å². The van der Waals surface area contributed by atoms with Gasteiger partial charge < -0.3 is 10.1 Å². The third-order valence-corrected chi connectivity index (χ3v) is 3.76. The number of carboxylic acid groups (broad SMARTS) is 1. The molecular formula is C18H16N2O3. The molecular weight excluding hydrogens is 292 g/mol. The number of aromatic nitrogens is 2. The molecule has 0 aliphatic rings. The number of rotatable bonds is 4. The van der Waals surface area contributed by atoms with E-state index in [0.29, 0.717) is 5.69 Å². The standard InChI is InChI=1S/C18H16N2O3/c1-10(2)17(21)15-7-13-14(8-19-9-16(13)20-15)11-4-3-5-12(6-11)18(22)23/h3-10,20H,1-2H3,(H,22,23). The first-order valence-electron chi connectivity index (χ1n) is 7.32. The van der Waals surface area contributed by atoms with Crippen LogP contribution >= 0.6 is 0 Å². The van der Waals surface area contributed by atoms with Crippen LogP contribution in [-0.4, -0.2) is 26.8 Å². The second-order valence-corrected chi connectivity index (χ2v) is 5.74. The van der Waals surface area contributed by atoms with E-state index in [4.69, 9.17) is 5.11 Å². The number of nitrogens with zero attached hydrogens (tertiary/aromatic N) is 1. The zero-order valence-electron chi connectivity index (χ0n) is 12.8. The van der Waals surface area contributed by atoms with Gasteiger partial charge in [-0.15, -0.1) is 0 Å². The highest BCUT2D eigenvalue weighted by molar-refractivity contribution is 6.04. The van der Waals surface area contributed by atoms with Gasteiger partial charge in [0.15, 0.2) is 5.78 Å². The number of hydrogen-bond acceptors (Lipinski definition) is 3. The van der Waals surface area contributed by atoms with Crippen molar-refractivity contribution in [3.05, 3.63) is 54.0 Å². The Bertz CT molecular complexity index is 910. The molecule has 0 aliphatic carbocycles. The second kappa shape index (κ2) is 5.68. The topological polar surface area (TPSA) is 83.1 Å². The Morgan fingerprint density at radius 3 is 2.65 bits per heavy atom. The van der Waals surface area contributed by atoms with E-state index in [9.17, 15) is 9.59 Å². The molecule has 0 atom stereocenters. The first-order chi connectivity index (χ1) is 11.0. The SMILES string of the molecule is CC(C)C(=O)c1cc2c(-c3cccc(C(=O)O)c3)cncc2[nH]1. The molecule has 2 N–H and O–H groups in total. The van der Waals surface area contributed by atoms with Gasteiger partial charge in [0.25, 0.3) is 0 Å². The van der Waals surface area contributed by atoms with E-state index >= 15 is 0 Å². The maximum absolute atomic E-state index is 12.2. The first-order valence-corrected chi connectivity index (χ1v) is 7.32. The number of carbonyl (C=O) groups excluding carboxylic acids is 1. The Labute approximate surface area is 133 Å². The lowest BCUT2D eigenvalue weighted by atomic mass is 10.0. The lowest BCUT2D eigenvalue weighted by Gasteiger charge is -2.04. The number of pyridine rings is 1. The summed E-state index contributed by atoms with van der Waals surface area (Å²) in [6.45, 7) is 3.70. The highest BCUT2D eigenvalue weighted by Crippen LogP contribution is 2.29. The molecule has 2 heterocycles. The quantitative estimate of drug-likeness (QED) is 0.719. The number of carbonyl (C=O) groups is 2. The van der Waals surface area contributed by atoms with Crippen LogP contribution in [0.15, 0.2) is 42.7 Å². The van der Waals surface area contributed by atoms with Gasteiger partial charge in [-0.1, -0.05) is 26.0 Å². The fourth-order valence-corrected chi connectivity index (χ4v) is 2.54. The van der Waals surface area contributed by atoms with Crippen LogP contribution in [0.5, 0.6) is 0 Å². The number of Topliss-reactive ketones (excluding diaryl/α,β-unsaturated/α-hetero) is 1. The van der Waals surface area contributed by atoms with E-state index in [1.807, 2.05) is 26.0 Å². The van der Waals surface area contributed by atoms with Crippen molar-refractivity contribution in [2.75, 3.05) is 0 Å². The van der Waals surface area contributed by atoms with Crippen LogP contribution < -0.4 is 0 Å². The monoisotopic (exact) mass is 308 g/mol. The summed E-state index contributed by atoms with van der Waals surface area (Å²) in [4.78, 5) is 30.6. The van der Waals surface area contributed by atoms with E-state index in [1.165, 1.54) is 0 Å². The number of H-pyrrole nitrogens is 1. The largest absolute Gasteiger partial charge is 0.478 e. The molecule has 0 radical (unpaired) electrons. The van der Waals surface area contributed by atoms with Crippen LogP contribution in [0.3, 0.4) is 0 Å². The van der Waals surface area contributed by atoms with Crippen molar-refractivity contribution in [3.63, 3.8) is 0 Å². The molecule has 116 valence electrons. The van der Waals surface area contributed by atoms with Crippen LogP contribution in [0.25, 0.3) is 22.0 Å². The minimum absolute atomic E-state index is 0.0337. The molecule has 0 aliphatic heterocycles. The minimum Gasteiger partial charge on any atom is -0.478 e. The fraction of sp³-hybridized carbons (Fsp3) is 0.167. The molecule has 0 bridgehead atoms. The van der Waals surface area contributed by atoms with Gasteiger partial charge in [0.2, 0.25) is 0 Å². The van der Waals surface area contributed by atoms with Crippen LogP contribution in [0.2, 0.25) is 0 Å². The van der Waals surface area contributed by atoms with E-state index in [2.05, 4.69) is 9.97 Å². The predicted octanol–water partition coefficient (Wildman–Crippen LogP) is 3.77. The number of ketones is 1. The zero-order valence-corrected chi connectivity index (χ0v) is 12.8. The Morgan fingerprint density at radius 2 is 1.96 bits per heavy atom. The number of carboxylic acids is 1. The Kier molecular flexibility index (Phi) is 3.70. The third-order valence-electron chi connectivity index (χ3n) is 3.76. The Morgan fingerprint density at radius 1 is 1.17 bits per heavy atom. The van der Waals surface area contributed by atoms with E-state index in [1.54, 1.807) is 30.6 Å². The third kappa shape index (κ3) is 2.73. The van der Waals surface area contributed by atoms with Crippen molar-refractivity contribution in [1.82, 2.24) is 9.97 Å². The lowest BCUT2D eigenvalue weighted by Crippen LogP contribution is -2.07. The van der Waals surface area contributed by atoms with Crippen molar-refractivity contribution in [2.24, 2.45) is 5.92 Å². The summed E-state index contributed by atoms with van der Waals surface area (Å²) in [5, 5.41) is 9.99. The summed E-state index contributed by atoms with van der Waals surface area (Å²) in [5.74, 6) is -1.04. The molecule has 5 heteroatoms. The maximum Gasteiger partial charge on any atom is 0.335 e. The average molecular weight is 308 g/mol. The number of fused-ring (bicyclic) bond motifs is 1. The smallest absolute Gasteiger partial charge is 0.335 e. The molecule has 3 rings (SSSR count). The summed E-state index contributed by atoms with van der Waals surface area (Å²) in [7, 11) is 0. The number of benzene rings is 1. The molecule has 1 aromatic carbocycles. The number of hydrogen-bond donors (Lipinski definition) is 2. The van der Waals surface area contributed by atoms with Gasteiger partial charge in [0.1, 0.15) is 0 Å². The first kappa shape index (κ1) is 15.0. The van der Waals surface area contributed by atoms with Crippen molar-refractivity contribution in [3.8, 4) is 11.1 Å². The summed E-state index contributed by atoms with van der Waals surface area (Å²) < 4.78 is 0. The average Bonchev–Trinajstić information content (AvgIpc) is 2.97. The number of aromatic amines is 1. The normalized spacial score (nSPS) is 11.1. The van der Waals surface area contributed by atoms with Crippen LogP contribution in [0, 0.1) is 5.92 Å². The van der Waals surface area contributed by atoms with Crippen molar-refractivity contribution in [2.45, 2.75) is 13.8 Å². The van der Waals surface area contributed by atoms with Crippen molar-refractivity contribution >= 4 is 22.7 Å². The highest BCUT2D eigenvalue weighted by atomic mass is 16.4. The Balaban J connectivity index is 2.17. The number of aromatic carboxylic acids is 1. The summed E-state index contributed by atoms with van der Waals surface area (Å²) in [5.41, 5.74) is 3.06. The summed E-state index contributed by atoms with van der Waals surface area (Å²) in [6.07, 6.45) is 3.34. The zero-order chi connectivity index (χ0) is 16.6. The minimum atomic E-state index is -0.975. The molecule has 0 saturated carbocycles. The van der Waals surface area contributed by atoms with Crippen LogP contribution in [0.4, 0.5) is 0 Å². The fourth-order valence-electron chi connectivity index (χ4n) is 2.54. The second-order valence-electron chi connectivity index (χ2n) is 5.74.